The van der Waals surface area contributed by atoms with E-state index in [9.17, 15) is 9.50 Å². The molecule has 18 heavy (non-hydrogen) atoms. The van der Waals surface area contributed by atoms with Crippen molar-refractivity contribution in [2.45, 2.75) is 26.5 Å². The molecule has 2 rings (SSSR count). The maximum atomic E-state index is 13.2. The van der Waals surface area contributed by atoms with Gasteiger partial charge in [-0.2, -0.15) is 0 Å². The second-order valence-electron chi connectivity index (χ2n) is 4.85. The Bertz CT molecular complexity index is 411. The summed E-state index contributed by atoms with van der Waals surface area (Å²) in [4.78, 5) is 4.67. The van der Waals surface area contributed by atoms with Crippen molar-refractivity contribution in [1.29, 1.82) is 0 Å². The Morgan fingerprint density at radius 2 is 2.17 bits per heavy atom. The van der Waals surface area contributed by atoms with E-state index >= 15 is 0 Å². The van der Waals surface area contributed by atoms with Crippen LogP contribution in [0.4, 0.5) is 10.1 Å². The highest BCUT2D eigenvalue weighted by Crippen LogP contribution is 2.24. The lowest BCUT2D eigenvalue weighted by atomic mass is 10.1. The maximum Gasteiger partial charge on any atom is 0.123 e. The zero-order chi connectivity index (χ0) is 13.1. The summed E-state index contributed by atoms with van der Waals surface area (Å²) < 4.78 is 13.2. The molecular formula is C14H21FN2O. The third-order valence-electron chi connectivity index (χ3n) is 3.72. The standard InChI is InChI=1S/C14H21FN2O/c1-3-16-6-7-17(9-11(16)2)14-5-4-13(15)8-12(14)10-18/h4-5,8,11,18H,3,6-7,9-10H2,1-2H3. The second-order valence-corrected chi connectivity index (χ2v) is 4.85. The zero-order valence-corrected chi connectivity index (χ0v) is 11.1. The molecule has 1 unspecified atom stereocenters. The third kappa shape index (κ3) is 2.65. The number of aliphatic hydroxyl groups excluding tert-OH is 1. The molecule has 0 aromatic heterocycles. The minimum absolute atomic E-state index is 0.116. The summed E-state index contributed by atoms with van der Waals surface area (Å²) >= 11 is 0. The predicted molar refractivity (Wildman–Crippen MR) is 71.2 cm³/mol. The van der Waals surface area contributed by atoms with Gasteiger partial charge in [-0.3, -0.25) is 4.90 Å². The second kappa shape index (κ2) is 5.67. The van der Waals surface area contributed by atoms with Crippen LogP contribution in [-0.2, 0) is 6.61 Å². The van der Waals surface area contributed by atoms with Crippen LogP contribution in [0.2, 0.25) is 0 Å². The van der Waals surface area contributed by atoms with Crippen LogP contribution in [0.3, 0.4) is 0 Å². The van der Waals surface area contributed by atoms with Gasteiger partial charge in [0, 0.05) is 36.9 Å². The van der Waals surface area contributed by atoms with Crippen LogP contribution in [0.1, 0.15) is 19.4 Å². The van der Waals surface area contributed by atoms with Crippen LogP contribution in [0.5, 0.6) is 0 Å². The molecule has 1 aromatic carbocycles. The Morgan fingerprint density at radius 1 is 1.39 bits per heavy atom. The van der Waals surface area contributed by atoms with Crippen LogP contribution in [0.25, 0.3) is 0 Å². The fraction of sp³-hybridized carbons (Fsp3) is 0.571. The fourth-order valence-corrected chi connectivity index (χ4v) is 2.67. The van der Waals surface area contributed by atoms with E-state index in [1.54, 1.807) is 6.07 Å². The maximum absolute atomic E-state index is 13.2. The molecule has 0 saturated carbocycles. The lowest BCUT2D eigenvalue weighted by Gasteiger charge is -2.41. The summed E-state index contributed by atoms with van der Waals surface area (Å²) in [6.07, 6.45) is 0. The number of likely N-dealkylation sites (N-methyl/N-ethyl adjacent to an activating group) is 1. The van der Waals surface area contributed by atoms with E-state index in [2.05, 4.69) is 23.6 Å². The Hall–Kier alpha value is -1.13. The minimum atomic E-state index is -0.289. The summed E-state index contributed by atoms with van der Waals surface area (Å²) in [5, 5.41) is 9.33. The average Bonchev–Trinajstić information content (AvgIpc) is 2.38. The van der Waals surface area contributed by atoms with Gasteiger partial charge in [0.15, 0.2) is 0 Å². The van der Waals surface area contributed by atoms with Crippen LogP contribution in [0, 0.1) is 5.82 Å². The van der Waals surface area contributed by atoms with Gasteiger partial charge in [0.25, 0.3) is 0 Å². The smallest absolute Gasteiger partial charge is 0.123 e. The van der Waals surface area contributed by atoms with Crippen LogP contribution >= 0.6 is 0 Å². The van der Waals surface area contributed by atoms with E-state index in [4.69, 9.17) is 0 Å². The molecule has 1 atom stereocenters. The molecule has 0 bridgehead atoms. The molecule has 1 aromatic rings. The van der Waals surface area contributed by atoms with E-state index in [1.165, 1.54) is 12.1 Å². The first-order valence-electron chi connectivity index (χ1n) is 6.54. The monoisotopic (exact) mass is 252 g/mol. The van der Waals surface area contributed by atoms with Crippen LogP contribution in [0.15, 0.2) is 18.2 Å². The third-order valence-corrected chi connectivity index (χ3v) is 3.72. The van der Waals surface area contributed by atoms with Gasteiger partial charge in [-0.15, -0.1) is 0 Å². The first kappa shape index (κ1) is 13.3. The van der Waals surface area contributed by atoms with E-state index < -0.39 is 0 Å². The molecule has 100 valence electrons. The van der Waals surface area contributed by atoms with Gasteiger partial charge in [-0.05, 0) is 31.7 Å². The number of halogens is 1. The molecule has 3 nitrogen and oxygen atoms in total. The van der Waals surface area contributed by atoms with Gasteiger partial charge in [0.05, 0.1) is 6.61 Å². The molecule has 4 heteroatoms. The predicted octanol–water partition coefficient (Wildman–Crippen LogP) is 1.85. The van der Waals surface area contributed by atoms with Crippen molar-refractivity contribution in [2.24, 2.45) is 0 Å². The van der Waals surface area contributed by atoms with Crippen molar-refractivity contribution in [2.75, 3.05) is 31.1 Å². The number of hydrogen-bond acceptors (Lipinski definition) is 3. The number of piperazine rings is 1. The first-order valence-corrected chi connectivity index (χ1v) is 6.54. The molecule has 0 amide bonds. The van der Waals surface area contributed by atoms with Gasteiger partial charge >= 0.3 is 0 Å². The van der Waals surface area contributed by atoms with E-state index in [0.29, 0.717) is 11.6 Å². The molecule has 0 aliphatic carbocycles. The number of rotatable bonds is 3. The number of anilines is 1. The van der Waals surface area contributed by atoms with Crippen molar-refractivity contribution >= 4 is 5.69 Å². The fourth-order valence-electron chi connectivity index (χ4n) is 2.67. The van der Waals surface area contributed by atoms with Crippen molar-refractivity contribution in [3.63, 3.8) is 0 Å². The molecule has 0 radical (unpaired) electrons. The van der Waals surface area contributed by atoms with Crippen LogP contribution < -0.4 is 4.90 Å². The number of aliphatic hydroxyl groups is 1. The minimum Gasteiger partial charge on any atom is -0.392 e. The molecule has 1 heterocycles. The molecular weight excluding hydrogens is 231 g/mol. The quantitative estimate of drug-likeness (QED) is 0.889. The highest BCUT2D eigenvalue weighted by atomic mass is 19.1. The lowest BCUT2D eigenvalue weighted by molar-refractivity contribution is 0.199. The molecule has 0 spiro atoms. The van der Waals surface area contributed by atoms with Gasteiger partial charge < -0.3 is 10.0 Å². The molecule has 1 aliphatic rings. The molecule has 1 saturated heterocycles. The van der Waals surface area contributed by atoms with Gasteiger partial charge in [-0.25, -0.2) is 4.39 Å². The Labute approximate surface area is 108 Å². The Morgan fingerprint density at radius 3 is 2.78 bits per heavy atom. The zero-order valence-electron chi connectivity index (χ0n) is 11.1. The summed E-state index contributed by atoms with van der Waals surface area (Å²) in [5.41, 5.74) is 1.63. The lowest BCUT2D eigenvalue weighted by Crippen LogP contribution is -2.52. The van der Waals surface area contributed by atoms with Gasteiger partial charge in [-0.1, -0.05) is 6.92 Å². The first-order chi connectivity index (χ1) is 8.65. The van der Waals surface area contributed by atoms with Gasteiger partial charge in [0.1, 0.15) is 5.82 Å². The Kier molecular flexibility index (Phi) is 4.19. The molecule has 1 fully saturated rings. The topological polar surface area (TPSA) is 26.7 Å². The normalized spacial score (nSPS) is 21.3. The van der Waals surface area contributed by atoms with Crippen molar-refractivity contribution in [1.82, 2.24) is 4.90 Å². The summed E-state index contributed by atoms with van der Waals surface area (Å²) in [7, 11) is 0. The SMILES string of the molecule is CCN1CCN(c2ccc(F)cc2CO)CC1C. The van der Waals surface area contributed by atoms with Crippen molar-refractivity contribution in [3.05, 3.63) is 29.6 Å². The highest BCUT2D eigenvalue weighted by Gasteiger charge is 2.23. The number of benzene rings is 1. The largest absolute Gasteiger partial charge is 0.392 e. The van der Waals surface area contributed by atoms with Gasteiger partial charge in [0.2, 0.25) is 0 Å². The summed E-state index contributed by atoms with van der Waals surface area (Å²) in [6.45, 7) is 8.19. The van der Waals surface area contributed by atoms with Crippen molar-refractivity contribution < 1.29 is 9.50 Å². The molecule has 1 N–H and O–H groups in total. The van der Waals surface area contributed by atoms with Crippen molar-refractivity contribution in [3.8, 4) is 0 Å². The van der Waals surface area contributed by atoms with E-state index in [0.717, 1.165) is 31.9 Å². The summed E-state index contributed by atoms with van der Waals surface area (Å²) in [5.74, 6) is -0.289. The van der Waals surface area contributed by atoms with E-state index in [1.807, 2.05) is 0 Å². The van der Waals surface area contributed by atoms with E-state index in [-0.39, 0.29) is 12.4 Å². The average molecular weight is 252 g/mol. The summed E-state index contributed by atoms with van der Waals surface area (Å²) in [6, 6.07) is 5.15. The number of nitrogens with zero attached hydrogens (tertiary/aromatic N) is 2. The molecule has 1 aliphatic heterocycles. The number of hydrogen-bond donors (Lipinski definition) is 1. The van der Waals surface area contributed by atoms with Crippen LogP contribution in [-0.4, -0.2) is 42.2 Å². The Balaban J connectivity index is 2.17. The highest BCUT2D eigenvalue weighted by molar-refractivity contribution is 5.54.